The smallest absolute Gasteiger partial charge is 0.236 e. The van der Waals surface area contributed by atoms with Gasteiger partial charge < -0.3 is 11.1 Å². The van der Waals surface area contributed by atoms with Crippen LogP contribution in [0.5, 0.6) is 0 Å². The van der Waals surface area contributed by atoms with E-state index in [1.54, 1.807) is 6.92 Å². The number of hydrogen-bond donors (Lipinski definition) is 2. The van der Waals surface area contributed by atoms with E-state index in [1.807, 2.05) is 6.92 Å². The molecule has 0 saturated heterocycles. The van der Waals surface area contributed by atoms with Crippen molar-refractivity contribution in [2.45, 2.75) is 26.3 Å². The first kappa shape index (κ1) is 8.43. The van der Waals surface area contributed by atoms with Gasteiger partial charge in [0.15, 0.2) is 0 Å². The first-order valence-electron chi connectivity index (χ1n) is 3.21. The molecule has 0 aromatic rings. The van der Waals surface area contributed by atoms with E-state index in [1.165, 1.54) is 0 Å². The third-order valence-corrected chi connectivity index (χ3v) is 0.963. The summed E-state index contributed by atoms with van der Waals surface area (Å²) in [4.78, 5) is 10.7. The molecule has 0 spiro atoms. The lowest BCUT2D eigenvalue weighted by Gasteiger charge is -2.04. The molecule has 0 aliphatic carbocycles. The molecular weight excluding hydrogens is 116 g/mol. The second kappa shape index (κ2) is 4.32. The minimum Gasteiger partial charge on any atom is -0.355 e. The molecule has 0 aromatic heterocycles. The second-order valence-electron chi connectivity index (χ2n) is 2.08. The Morgan fingerprint density at radius 3 is 2.67 bits per heavy atom. The van der Waals surface area contributed by atoms with Crippen LogP contribution in [-0.4, -0.2) is 18.5 Å². The average molecular weight is 130 g/mol. The monoisotopic (exact) mass is 130 g/mol. The molecule has 3 nitrogen and oxygen atoms in total. The minimum atomic E-state index is -0.378. The van der Waals surface area contributed by atoms with Gasteiger partial charge in [0, 0.05) is 6.54 Å². The Kier molecular flexibility index (Phi) is 4.05. The Bertz CT molecular complexity index is 91.1. The van der Waals surface area contributed by atoms with Crippen LogP contribution >= 0.6 is 0 Å². The molecule has 0 aliphatic rings. The summed E-state index contributed by atoms with van der Waals surface area (Å²) in [6.45, 7) is 4.40. The molecule has 0 heterocycles. The number of hydrogen-bond acceptors (Lipinski definition) is 2. The van der Waals surface area contributed by atoms with Gasteiger partial charge in [0.1, 0.15) is 0 Å². The number of rotatable bonds is 3. The van der Waals surface area contributed by atoms with Crippen LogP contribution < -0.4 is 11.1 Å². The summed E-state index contributed by atoms with van der Waals surface area (Å²) in [6.07, 6.45) is 0.957. The van der Waals surface area contributed by atoms with Crippen LogP contribution in [0, 0.1) is 0 Å². The molecule has 0 saturated carbocycles. The van der Waals surface area contributed by atoms with E-state index in [9.17, 15) is 4.79 Å². The number of nitrogens with two attached hydrogens (primary N) is 1. The van der Waals surface area contributed by atoms with E-state index < -0.39 is 0 Å². The topological polar surface area (TPSA) is 55.1 Å². The zero-order chi connectivity index (χ0) is 7.28. The van der Waals surface area contributed by atoms with Crippen molar-refractivity contribution in [1.82, 2.24) is 5.32 Å². The predicted molar refractivity (Wildman–Crippen MR) is 37.0 cm³/mol. The van der Waals surface area contributed by atoms with Gasteiger partial charge in [-0.15, -0.1) is 0 Å². The summed E-state index contributed by atoms with van der Waals surface area (Å²) >= 11 is 0. The molecule has 1 atom stereocenters. The van der Waals surface area contributed by atoms with Crippen molar-refractivity contribution in [2.24, 2.45) is 5.73 Å². The van der Waals surface area contributed by atoms with E-state index in [-0.39, 0.29) is 11.9 Å². The fourth-order valence-electron chi connectivity index (χ4n) is 0.409. The SMILES string of the molecule is CCCNC(=O)C(C)N. The van der Waals surface area contributed by atoms with E-state index in [2.05, 4.69) is 5.32 Å². The van der Waals surface area contributed by atoms with Gasteiger partial charge in [0.25, 0.3) is 0 Å². The number of carbonyl (C=O) groups is 1. The van der Waals surface area contributed by atoms with Crippen molar-refractivity contribution in [3.63, 3.8) is 0 Å². The fraction of sp³-hybridized carbons (Fsp3) is 0.833. The fourth-order valence-corrected chi connectivity index (χ4v) is 0.409. The molecule has 1 amide bonds. The number of carbonyl (C=O) groups excluding carboxylic acids is 1. The van der Waals surface area contributed by atoms with Gasteiger partial charge in [0.2, 0.25) is 5.91 Å². The van der Waals surface area contributed by atoms with Crippen LogP contribution in [0.15, 0.2) is 0 Å². The van der Waals surface area contributed by atoms with Gasteiger partial charge in [-0.2, -0.15) is 0 Å². The van der Waals surface area contributed by atoms with Crippen molar-refractivity contribution in [1.29, 1.82) is 0 Å². The molecule has 9 heavy (non-hydrogen) atoms. The van der Waals surface area contributed by atoms with Gasteiger partial charge in [-0.1, -0.05) is 6.92 Å². The van der Waals surface area contributed by atoms with E-state index in [0.717, 1.165) is 13.0 Å². The highest BCUT2D eigenvalue weighted by atomic mass is 16.2. The van der Waals surface area contributed by atoms with Gasteiger partial charge in [-0.05, 0) is 13.3 Å². The lowest BCUT2D eigenvalue weighted by molar-refractivity contribution is -0.121. The molecule has 1 unspecified atom stereocenters. The highest BCUT2D eigenvalue weighted by molar-refractivity contribution is 5.80. The Labute approximate surface area is 55.6 Å². The molecule has 0 fully saturated rings. The molecule has 0 aromatic carbocycles. The van der Waals surface area contributed by atoms with Crippen LogP contribution in [0.4, 0.5) is 0 Å². The maximum absolute atomic E-state index is 10.7. The average Bonchev–Trinajstić information content (AvgIpc) is 1.82. The van der Waals surface area contributed by atoms with Crippen LogP contribution in [0.3, 0.4) is 0 Å². The zero-order valence-electron chi connectivity index (χ0n) is 5.98. The molecule has 3 N–H and O–H groups in total. The standard InChI is InChI=1S/C6H14N2O/c1-3-4-8-6(9)5(2)7/h5H,3-4,7H2,1-2H3,(H,8,9). The van der Waals surface area contributed by atoms with Crippen molar-refractivity contribution in [3.8, 4) is 0 Å². The summed E-state index contributed by atoms with van der Waals surface area (Å²) in [5.41, 5.74) is 5.26. The molecular formula is C6H14N2O. The van der Waals surface area contributed by atoms with Gasteiger partial charge in [0.05, 0.1) is 6.04 Å². The van der Waals surface area contributed by atoms with E-state index in [4.69, 9.17) is 5.73 Å². The quantitative estimate of drug-likeness (QED) is 0.558. The lowest BCUT2D eigenvalue weighted by Crippen LogP contribution is -2.38. The Morgan fingerprint density at radius 2 is 2.33 bits per heavy atom. The van der Waals surface area contributed by atoms with Crippen molar-refractivity contribution >= 4 is 5.91 Å². The largest absolute Gasteiger partial charge is 0.355 e. The van der Waals surface area contributed by atoms with Gasteiger partial charge >= 0.3 is 0 Å². The minimum absolute atomic E-state index is 0.0724. The first-order valence-corrected chi connectivity index (χ1v) is 3.21. The highest BCUT2D eigenvalue weighted by Gasteiger charge is 2.03. The molecule has 0 aliphatic heterocycles. The first-order chi connectivity index (χ1) is 4.18. The summed E-state index contributed by atoms with van der Waals surface area (Å²) < 4.78 is 0. The highest BCUT2D eigenvalue weighted by Crippen LogP contribution is 1.75. The van der Waals surface area contributed by atoms with Crippen molar-refractivity contribution in [2.75, 3.05) is 6.54 Å². The number of nitrogens with one attached hydrogen (secondary N) is 1. The third-order valence-electron chi connectivity index (χ3n) is 0.963. The summed E-state index contributed by atoms with van der Waals surface area (Å²) in [7, 11) is 0. The predicted octanol–water partition coefficient (Wildman–Crippen LogP) is -0.140. The summed E-state index contributed by atoms with van der Waals surface area (Å²) in [6, 6.07) is -0.378. The lowest BCUT2D eigenvalue weighted by atomic mass is 10.3. The zero-order valence-corrected chi connectivity index (χ0v) is 5.98. The van der Waals surface area contributed by atoms with E-state index in [0.29, 0.717) is 0 Å². The Balaban J connectivity index is 3.28. The van der Waals surface area contributed by atoms with Gasteiger partial charge in [-0.25, -0.2) is 0 Å². The van der Waals surface area contributed by atoms with Crippen LogP contribution in [0.2, 0.25) is 0 Å². The number of amides is 1. The van der Waals surface area contributed by atoms with Gasteiger partial charge in [-0.3, -0.25) is 4.79 Å². The molecule has 0 radical (unpaired) electrons. The maximum atomic E-state index is 10.7. The van der Waals surface area contributed by atoms with E-state index >= 15 is 0 Å². The normalized spacial score (nSPS) is 12.8. The molecule has 0 bridgehead atoms. The summed E-state index contributed by atoms with van der Waals surface area (Å²) in [5.74, 6) is -0.0724. The second-order valence-corrected chi connectivity index (χ2v) is 2.08. The Morgan fingerprint density at radius 1 is 1.78 bits per heavy atom. The van der Waals surface area contributed by atoms with Crippen LogP contribution in [0.25, 0.3) is 0 Å². The Hall–Kier alpha value is -0.570. The van der Waals surface area contributed by atoms with Crippen molar-refractivity contribution in [3.05, 3.63) is 0 Å². The summed E-state index contributed by atoms with van der Waals surface area (Å²) in [5, 5.41) is 2.67. The maximum Gasteiger partial charge on any atom is 0.236 e. The molecule has 54 valence electrons. The third kappa shape index (κ3) is 3.97. The van der Waals surface area contributed by atoms with Crippen molar-refractivity contribution < 1.29 is 4.79 Å². The van der Waals surface area contributed by atoms with Crippen LogP contribution in [-0.2, 0) is 4.79 Å². The van der Waals surface area contributed by atoms with Crippen LogP contribution in [0.1, 0.15) is 20.3 Å². The molecule has 0 rings (SSSR count). The molecule has 3 heteroatoms.